The molecule has 0 spiro atoms. The smallest absolute Gasteiger partial charge is 0.323 e. The number of amides is 4. The Morgan fingerprint density at radius 1 is 0.667 bits per heavy atom. The van der Waals surface area contributed by atoms with Gasteiger partial charge in [-0.25, -0.2) is 13.4 Å². The Labute approximate surface area is 470 Å². The highest BCUT2D eigenvalue weighted by Crippen LogP contribution is 2.26. The molecule has 2 aromatic rings. The standard InChI is InChI=1S/C50H77N11O18S2/c1-34-26-38(27-35(2)47(34)81(77,78)57-39(50(72)73)28-54-42(63)10-5-3-4-9-37-13-12-36-8-6-14-52-48(36)55-37)79-25-7-11-41(62)51-15-16-53-49(71)40(33-80(74,75)76)56-43(64)29-58-17-19-59(30-44(65)66)21-23-61(32-46(69)70)24-22-60(20-18-58)31-45(67)68/h12-13,26-27,39-40,57H,3-11,14-25,28-33H2,1-2H3,(H,51,62)(H,52,55)(H,53,71)(H,54,63)(H,56,64)(H,65,66)(H,67,68)(H,69,70)(H,72,73)(H,74,75,76)/t39-,40-/m0/s1. The number of hydrogen-bond acceptors (Lipinski definition) is 19. The predicted octanol–water partition coefficient (Wildman–Crippen LogP) is -2.05. The van der Waals surface area contributed by atoms with Crippen LogP contribution in [0.15, 0.2) is 29.2 Å². The fourth-order valence-corrected chi connectivity index (χ4v) is 11.4. The van der Waals surface area contributed by atoms with E-state index >= 15 is 0 Å². The average Bonchev–Trinajstić information content (AvgIpc) is 3.46. The number of anilines is 1. The highest BCUT2D eigenvalue weighted by atomic mass is 32.2. The molecule has 0 unspecified atom stereocenters. The zero-order valence-corrected chi connectivity index (χ0v) is 47.3. The van der Waals surface area contributed by atoms with Crippen molar-refractivity contribution in [2.75, 3.05) is 122 Å². The van der Waals surface area contributed by atoms with Crippen molar-refractivity contribution in [1.29, 1.82) is 0 Å². The number of nitrogens with zero attached hydrogens (tertiary/aromatic N) is 5. The first-order valence-electron chi connectivity index (χ1n) is 26.6. The van der Waals surface area contributed by atoms with Crippen molar-refractivity contribution in [3.05, 3.63) is 46.6 Å². The summed E-state index contributed by atoms with van der Waals surface area (Å²) in [5.41, 5.74) is 2.64. The quantitative estimate of drug-likeness (QED) is 0.0277. The molecule has 1 saturated heterocycles. The van der Waals surface area contributed by atoms with Crippen LogP contribution in [0.1, 0.15) is 67.3 Å². The molecule has 2 atom stereocenters. The number of carbonyl (C=O) groups is 8. The second-order valence-electron chi connectivity index (χ2n) is 19.9. The van der Waals surface area contributed by atoms with Gasteiger partial charge in [0.25, 0.3) is 10.1 Å². The molecular formula is C50H77N11O18S2. The van der Waals surface area contributed by atoms with Crippen LogP contribution >= 0.6 is 0 Å². The van der Waals surface area contributed by atoms with Crippen LogP contribution in [0, 0.1) is 13.8 Å². The lowest BCUT2D eigenvalue weighted by molar-refractivity contribution is -0.140. The second kappa shape index (κ2) is 33.3. The van der Waals surface area contributed by atoms with E-state index in [1.54, 1.807) is 9.80 Å². The van der Waals surface area contributed by atoms with Crippen LogP contribution in [0.3, 0.4) is 0 Å². The van der Waals surface area contributed by atoms with Gasteiger partial charge in [0.05, 0.1) is 37.7 Å². The van der Waals surface area contributed by atoms with Crippen molar-refractivity contribution >= 4 is 73.5 Å². The molecule has 1 fully saturated rings. The minimum absolute atomic E-state index is 0.0146. The van der Waals surface area contributed by atoms with E-state index in [4.69, 9.17) is 4.74 Å². The number of sulfonamides is 1. The van der Waals surface area contributed by atoms with Gasteiger partial charge in [0.1, 0.15) is 29.4 Å². The summed E-state index contributed by atoms with van der Waals surface area (Å²) in [6.07, 6.45) is 5.18. The molecule has 31 heteroatoms. The summed E-state index contributed by atoms with van der Waals surface area (Å²) < 4.78 is 68.4. The van der Waals surface area contributed by atoms with E-state index in [-0.39, 0.29) is 120 Å². The largest absolute Gasteiger partial charge is 0.494 e. The lowest BCUT2D eigenvalue weighted by Crippen LogP contribution is -2.54. The highest BCUT2D eigenvalue weighted by Gasteiger charge is 2.30. The highest BCUT2D eigenvalue weighted by molar-refractivity contribution is 7.89. The summed E-state index contributed by atoms with van der Waals surface area (Å²) in [7, 11) is -9.25. The Morgan fingerprint density at radius 3 is 1.74 bits per heavy atom. The normalized spacial score (nSPS) is 16.0. The minimum atomic E-state index is -4.84. The van der Waals surface area contributed by atoms with Gasteiger partial charge in [-0.05, 0) is 87.3 Å². The Kier molecular flexibility index (Phi) is 27.5. The van der Waals surface area contributed by atoms with Crippen LogP contribution < -0.4 is 36.0 Å². The van der Waals surface area contributed by atoms with Gasteiger partial charge in [-0.3, -0.25) is 62.5 Å². The first-order chi connectivity index (χ1) is 38.3. The molecule has 3 heterocycles. The van der Waals surface area contributed by atoms with Gasteiger partial charge in [-0.1, -0.05) is 12.5 Å². The van der Waals surface area contributed by atoms with Crippen molar-refractivity contribution in [3.63, 3.8) is 0 Å². The number of carbonyl (C=O) groups excluding carboxylic acids is 4. The third-order valence-corrected chi connectivity index (χ3v) is 15.6. The lowest BCUT2D eigenvalue weighted by atomic mass is 10.1. The first kappa shape index (κ1) is 66.9. The van der Waals surface area contributed by atoms with Crippen LogP contribution in [0.4, 0.5) is 5.82 Å². The molecular weight excluding hydrogens is 1110 g/mol. The number of aliphatic carboxylic acids is 4. The predicted molar refractivity (Wildman–Crippen MR) is 292 cm³/mol. The molecule has 452 valence electrons. The molecule has 0 saturated carbocycles. The van der Waals surface area contributed by atoms with Crippen LogP contribution in [-0.2, 0) is 71.3 Å². The van der Waals surface area contributed by atoms with E-state index in [1.165, 1.54) is 41.3 Å². The van der Waals surface area contributed by atoms with Gasteiger partial charge in [-0.2, -0.15) is 13.1 Å². The minimum Gasteiger partial charge on any atom is -0.494 e. The van der Waals surface area contributed by atoms with Crippen molar-refractivity contribution in [2.24, 2.45) is 0 Å². The number of fused-ring (bicyclic) bond motifs is 1. The summed E-state index contributed by atoms with van der Waals surface area (Å²) in [6.45, 7) is 2.21. The third-order valence-electron chi connectivity index (χ3n) is 13.1. The molecule has 1 aromatic heterocycles. The maximum Gasteiger partial charge on any atom is 0.323 e. The van der Waals surface area contributed by atoms with E-state index in [0.717, 1.165) is 50.2 Å². The van der Waals surface area contributed by atoms with E-state index in [1.807, 2.05) is 6.07 Å². The molecule has 81 heavy (non-hydrogen) atoms. The third kappa shape index (κ3) is 25.8. The van der Waals surface area contributed by atoms with E-state index in [2.05, 4.69) is 42.4 Å². The van der Waals surface area contributed by atoms with Gasteiger partial charge in [-0.15, -0.1) is 0 Å². The number of benzene rings is 1. The summed E-state index contributed by atoms with van der Waals surface area (Å²) in [5.74, 6) is -7.69. The molecule has 0 radical (unpaired) electrons. The summed E-state index contributed by atoms with van der Waals surface area (Å²) in [5, 5.41) is 51.3. The van der Waals surface area contributed by atoms with Crippen molar-refractivity contribution in [3.8, 4) is 5.75 Å². The van der Waals surface area contributed by atoms with Gasteiger partial charge in [0.2, 0.25) is 33.7 Å². The van der Waals surface area contributed by atoms with Crippen LogP contribution in [0.2, 0.25) is 0 Å². The number of hydrogen-bond donors (Lipinski definition) is 11. The van der Waals surface area contributed by atoms with Gasteiger partial charge >= 0.3 is 23.9 Å². The van der Waals surface area contributed by atoms with Crippen LogP contribution in [-0.4, -0.2) is 243 Å². The Morgan fingerprint density at radius 2 is 1.20 bits per heavy atom. The monoisotopic (exact) mass is 1180 g/mol. The number of nitrogens with one attached hydrogen (secondary N) is 6. The fraction of sp³-hybridized carbons (Fsp3) is 0.620. The maximum absolute atomic E-state index is 13.5. The number of rotatable bonds is 32. The molecule has 0 bridgehead atoms. The lowest BCUT2D eigenvalue weighted by Gasteiger charge is -2.33. The van der Waals surface area contributed by atoms with Crippen LogP contribution in [0.5, 0.6) is 5.75 Å². The van der Waals surface area contributed by atoms with E-state index in [0.29, 0.717) is 6.42 Å². The molecule has 0 aliphatic carbocycles. The number of pyridine rings is 1. The van der Waals surface area contributed by atoms with E-state index in [9.17, 15) is 80.2 Å². The SMILES string of the molecule is Cc1cc(OCCCC(=O)NCCNC(=O)[C@H](CS(=O)(=O)O)NC(=O)CN2CCN(CC(=O)O)CCN(CC(=O)O)CCN(CC(=O)O)CC2)cc(C)c1S(=O)(=O)N[C@@H](CNC(=O)CCCCCc1ccc2c(n1)NCCC2)C(=O)O. The van der Waals surface area contributed by atoms with Gasteiger partial charge in [0, 0.05) is 97.1 Å². The molecule has 2 aliphatic rings. The number of carboxylic acid groups (broad SMARTS) is 4. The van der Waals surface area contributed by atoms with Gasteiger partial charge < -0.3 is 51.7 Å². The second-order valence-corrected chi connectivity index (χ2v) is 23.0. The summed E-state index contributed by atoms with van der Waals surface area (Å²) in [4.78, 5) is 109. The number of carboxylic acids is 4. The van der Waals surface area contributed by atoms with Crippen LogP contribution in [0.25, 0.3) is 0 Å². The fourth-order valence-electron chi connectivity index (χ4n) is 9.07. The molecule has 29 nitrogen and oxygen atoms in total. The summed E-state index contributed by atoms with van der Waals surface area (Å²) in [6, 6.07) is 3.52. The zero-order chi connectivity index (χ0) is 59.7. The van der Waals surface area contributed by atoms with E-state index < -0.39 is 112 Å². The maximum atomic E-state index is 13.5. The first-order valence-corrected chi connectivity index (χ1v) is 29.7. The Hall–Kier alpha value is -6.61. The van der Waals surface area contributed by atoms with Crippen molar-refractivity contribution in [2.45, 2.75) is 88.6 Å². The average molecular weight is 1180 g/mol. The van der Waals surface area contributed by atoms with Crippen molar-refractivity contribution in [1.82, 2.24) is 50.6 Å². The number of aryl methyl sites for hydroxylation is 4. The number of ether oxygens (including phenoxy) is 1. The molecule has 11 N–H and O–H groups in total. The topological polar surface area (TPSA) is 413 Å². The Bertz CT molecular complexity index is 2680. The molecule has 1 aromatic carbocycles. The molecule has 2 aliphatic heterocycles. The molecule has 4 rings (SSSR count). The Balaban J connectivity index is 1.19. The van der Waals surface area contributed by atoms with Gasteiger partial charge in [0.15, 0.2) is 0 Å². The number of unbranched alkanes of at least 4 members (excludes halogenated alkanes) is 2. The summed E-state index contributed by atoms with van der Waals surface area (Å²) >= 11 is 0. The van der Waals surface area contributed by atoms with Crippen molar-refractivity contribution < 1.29 is 84.9 Å². The zero-order valence-electron chi connectivity index (χ0n) is 45.7. The molecule has 4 amide bonds. The number of aromatic nitrogens is 1.